The molecule has 3 aromatic rings. The fraction of sp³-hybridized carbons (Fsp3) is 0.269. The van der Waals surface area contributed by atoms with Crippen LogP contribution in [0.4, 0.5) is 4.39 Å². The summed E-state index contributed by atoms with van der Waals surface area (Å²) in [4.78, 5) is 15.3. The number of aryl methyl sites for hydroxylation is 1. The van der Waals surface area contributed by atoms with Crippen molar-refractivity contribution in [3.8, 4) is 0 Å². The summed E-state index contributed by atoms with van der Waals surface area (Å²) in [5, 5.41) is 0. The first kappa shape index (κ1) is 24.1. The lowest BCUT2D eigenvalue weighted by atomic mass is 9.96. The first-order valence-electron chi connectivity index (χ1n) is 11.0. The number of sulfonamides is 1. The van der Waals surface area contributed by atoms with Crippen LogP contribution in [-0.4, -0.2) is 56.9 Å². The van der Waals surface area contributed by atoms with Crippen molar-refractivity contribution < 1.29 is 22.3 Å². The number of hydrogen-bond acceptors (Lipinski definition) is 4. The molecule has 0 aliphatic carbocycles. The van der Waals surface area contributed by atoms with Crippen molar-refractivity contribution in [3.63, 3.8) is 0 Å². The number of hydrogen-bond donors (Lipinski definition) is 0. The molecule has 0 radical (unpaired) electrons. The molecule has 1 aliphatic rings. The fourth-order valence-electron chi connectivity index (χ4n) is 4.16. The molecule has 1 aliphatic heterocycles. The van der Waals surface area contributed by atoms with E-state index in [1.54, 1.807) is 37.1 Å². The quantitative estimate of drug-likeness (QED) is 0.532. The van der Waals surface area contributed by atoms with Crippen molar-refractivity contribution in [2.24, 2.45) is 0 Å². The van der Waals surface area contributed by atoms with Crippen LogP contribution in [0.1, 0.15) is 33.1 Å². The van der Waals surface area contributed by atoms with Gasteiger partial charge in [-0.15, -0.1) is 0 Å². The third kappa shape index (κ3) is 4.89. The highest BCUT2D eigenvalue weighted by atomic mass is 32.2. The highest BCUT2D eigenvalue weighted by Crippen LogP contribution is 2.30. The summed E-state index contributed by atoms with van der Waals surface area (Å²) in [6.45, 7) is 3.02. The van der Waals surface area contributed by atoms with E-state index in [9.17, 15) is 17.6 Å². The van der Waals surface area contributed by atoms with Gasteiger partial charge < -0.3 is 9.64 Å². The first-order valence-corrected chi connectivity index (χ1v) is 12.5. The van der Waals surface area contributed by atoms with Crippen molar-refractivity contribution in [1.82, 2.24) is 9.21 Å². The van der Waals surface area contributed by atoms with Gasteiger partial charge in [0.25, 0.3) is 5.91 Å². The van der Waals surface area contributed by atoms with Crippen molar-refractivity contribution >= 4 is 15.9 Å². The number of ether oxygens (including phenoxy) is 1. The van der Waals surface area contributed by atoms with Gasteiger partial charge >= 0.3 is 0 Å². The summed E-state index contributed by atoms with van der Waals surface area (Å²) in [6, 6.07) is 19.7. The fourth-order valence-corrected chi connectivity index (χ4v) is 5.59. The van der Waals surface area contributed by atoms with Crippen LogP contribution in [-0.2, 0) is 14.8 Å². The molecule has 34 heavy (non-hydrogen) atoms. The molecule has 0 N–H and O–H groups in total. The van der Waals surface area contributed by atoms with Crippen LogP contribution in [0, 0.1) is 12.7 Å². The minimum Gasteiger partial charge on any atom is -0.379 e. The molecule has 1 atom stereocenters. The Morgan fingerprint density at radius 1 is 0.971 bits per heavy atom. The minimum atomic E-state index is -3.75. The Balaban J connectivity index is 1.71. The maximum absolute atomic E-state index is 13.7. The lowest BCUT2D eigenvalue weighted by Gasteiger charge is -2.30. The van der Waals surface area contributed by atoms with Crippen LogP contribution in [0.15, 0.2) is 77.7 Å². The summed E-state index contributed by atoms with van der Waals surface area (Å²) in [6.07, 6.45) is 0. The zero-order valence-electron chi connectivity index (χ0n) is 19.1. The zero-order valence-corrected chi connectivity index (χ0v) is 20.0. The van der Waals surface area contributed by atoms with E-state index in [-0.39, 0.29) is 29.7 Å². The predicted molar refractivity (Wildman–Crippen MR) is 128 cm³/mol. The molecule has 8 heteroatoms. The molecule has 0 spiro atoms. The number of halogens is 1. The molecule has 4 rings (SSSR count). The van der Waals surface area contributed by atoms with Crippen LogP contribution in [0.3, 0.4) is 0 Å². The third-order valence-electron chi connectivity index (χ3n) is 6.06. The molecular weight excluding hydrogens is 455 g/mol. The second kappa shape index (κ2) is 10.0. The summed E-state index contributed by atoms with van der Waals surface area (Å²) in [5.41, 5.74) is 2.58. The van der Waals surface area contributed by atoms with Gasteiger partial charge in [-0.2, -0.15) is 4.31 Å². The number of carbonyl (C=O) groups is 1. The molecule has 0 saturated carbocycles. The Morgan fingerprint density at radius 2 is 1.59 bits per heavy atom. The highest BCUT2D eigenvalue weighted by molar-refractivity contribution is 7.89. The zero-order chi connectivity index (χ0) is 24.3. The summed E-state index contributed by atoms with van der Waals surface area (Å²) in [5.74, 6) is -0.684. The van der Waals surface area contributed by atoms with Gasteiger partial charge in [0.2, 0.25) is 10.0 Å². The Labute approximate surface area is 199 Å². The van der Waals surface area contributed by atoms with Gasteiger partial charge in [0.05, 0.1) is 24.2 Å². The van der Waals surface area contributed by atoms with E-state index >= 15 is 0 Å². The van der Waals surface area contributed by atoms with E-state index in [0.29, 0.717) is 24.3 Å². The molecule has 178 valence electrons. The van der Waals surface area contributed by atoms with E-state index in [4.69, 9.17) is 4.74 Å². The summed E-state index contributed by atoms with van der Waals surface area (Å²) < 4.78 is 46.6. The van der Waals surface area contributed by atoms with Crippen LogP contribution in [0.25, 0.3) is 0 Å². The number of rotatable bonds is 6. The van der Waals surface area contributed by atoms with E-state index < -0.39 is 16.1 Å². The largest absolute Gasteiger partial charge is 0.379 e. The van der Waals surface area contributed by atoms with Crippen molar-refractivity contribution in [3.05, 3.63) is 101 Å². The molecule has 1 saturated heterocycles. The standard InChI is InChI=1S/C26H27FN2O4S/c1-19-8-13-23(34(31,32)29-14-16-33-17-15-29)18-24(19)26(30)28(2)25(20-6-4-3-5-7-20)21-9-11-22(27)12-10-21/h3-13,18,25H,14-17H2,1-2H3. The monoisotopic (exact) mass is 482 g/mol. The maximum atomic E-state index is 13.7. The van der Waals surface area contributed by atoms with Crippen LogP contribution in [0.5, 0.6) is 0 Å². The van der Waals surface area contributed by atoms with Crippen molar-refractivity contribution in [2.75, 3.05) is 33.4 Å². The Hall–Kier alpha value is -3.07. The molecule has 6 nitrogen and oxygen atoms in total. The normalized spacial score (nSPS) is 15.6. The summed E-state index contributed by atoms with van der Waals surface area (Å²) >= 11 is 0. The lowest BCUT2D eigenvalue weighted by molar-refractivity contribution is 0.0729. The van der Waals surface area contributed by atoms with E-state index in [1.165, 1.54) is 28.6 Å². The lowest BCUT2D eigenvalue weighted by Crippen LogP contribution is -2.40. The number of benzene rings is 3. The topological polar surface area (TPSA) is 66.9 Å². The van der Waals surface area contributed by atoms with Gasteiger partial charge in [-0.25, -0.2) is 12.8 Å². The van der Waals surface area contributed by atoms with Crippen LogP contribution in [0.2, 0.25) is 0 Å². The van der Waals surface area contributed by atoms with E-state index in [1.807, 2.05) is 30.3 Å². The second-order valence-corrected chi connectivity index (χ2v) is 10.2. The van der Waals surface area contributed by atoms with E-state index in [0.717, 1.165) is 11.1 Å². The van der Waals surface area contributed by atoms with Gasteiger partial charge in [0.15, 0.2) is 0 Å². The predicted octanol–water partition coefficient (Wildman–Crippen LogP) is 4.02. The minimum absolute atomic E-state index is 0.0785. The van der Waals surface area contributed by atoms with Gasteiger partial charge in [0.1, 0.15) is 5.82 Å². The average molecular weight is 483 g/mol. The van der Waals surface area contributed by atoms with Gasteiger partial charge in [0, 0.05) is 25.7 Å². The van der Waals surface area contributed by atoms with Gasteiger partial charge in [-0.05, 0) is 47.9 Å². The smallest absolute Gasteiger partial charge is 0.254 e. The number of nitrogens with zero attached hydrogens (tertiary/aromatic N) is 2. The number of morpholine rings is 1. The Bertz CT molecular complexity index is 1260. The average Bonchev–Trinajstić information content (AvgIpc) is 2.86. The first-order chi connectivity index (χ1) is 16.3. The molecule has 1 fully saturated rings. The van der Waals surface area contributed by atoms with E-state index in [2.05, 4.69) is 0 Å². The van der Waals surface area contributed by atoms with Crippen molar-refractivity contribution in [2.45, 2.75) is 17.9 Å². The Kier molecular flexibility index (Phi) is 7.11. The maximum Gasteiger partial charge on any atom is 0.254 e. The molecule has 3 aromatic carbocycles. The number of amides is 1. The van der Waals surface area contributed by atoms with Gasteiger partial charge in [-0.1, -0.05) is 48.5 Å². The molecule has 0 bridgehead atoms. The molecule has 1 unspecified atom stereocenters. The number of carbonyl (C=O) groups excluding carboxylic acids is 1. The van der Waals surface area contributed by atoms with Crippen molar-refractivity contribution in [1.29, 1.82) is 0 Å². The Morgan fingerprint density at radius 3 is 2.24 bits per heavy atom. The second-order valence-electron chi connectivity index (χ2n) is 8.27. The molecule has 1 amide bonds. The van der Waals surface area contributed by atoms with Crippen LogP contribution >= 0.6 is 0 Å². The molecule has 0 aromatic heterocycles. The highest BCUT2D eigenvalue weighted by Gasteiger charge is 2.30. The molecule has 1 heterocycles. The van der Waals surface area contributed by atoms with Gasteiger partial charge in [-0.3, -0.25) is 4.79 Å². The molecular formula is C26H27FN2O4S. The van der Waals surface area contributed by atoms with Crippen LogP contribution < -0.4 is 0 Å². The third-order valence-corrected chi connectivity index (χ3v) is 7.95. The summed E-state index contributed by atoms with van der Waals surface area (Å²) in [7, 11) is -2.08. The SMILES string of the molecule is Cc1ccc(S(=O)(=O)N2CCOCC2)cc1C(=O)N(C)C(c1ccccc1)c1ccc(F)cc1.